The van der Waals surface area contributed by atoms with E-state index in [2.05, 4.69) is 54.4 Å². The molecule has 0 saturated carbocycles. The Labute approximate surface area is 221 Å². The smallest absolute Gasteiger partial charge is 0.256 e. The maximum atomic E-state index is 15.5. The summed E-state index contributed by atoms with van der Waals surface area (Å²) in [6.45, 7) is 5.84. The van der Waals surface area contributed by atoms with Crippen LogP contribution in [-0.2, 0) is 0 Å². The van der Waals surface area contributed by atoms with E-state index in [4.69, 9.17) is 0 Å². The molecule has 3 fully saturated rings. The van der Waals surface area contributed by atoms with Crippen LogP contribution in [0.4, 0.5) is 4.39 Å². The first-order chi connectivity index (χ1) is 18.4. The number of piperidine rings is 1. The van der Waals surface area contributed by atoms with Crippen molar-refractivity contribution in [3.63, 3.8) is 0 Å². The van der Waals surface area contributed by atoms with Gasteiger partial charge >= 0.3 is 0 Å². The first kappa shape index (κ1) is 23.8. The number of aromatic nitrogens is 4. The lowest BCUT2D eigenvalue weighted by Gasteiger charge is -2.39. The number of hydrogen-bond donors (Lipinski definition) is 1. The Kier molecular flexibility index (Phi) is 5.56. The molecule has 7 rings (SSSR count). The zero-order valence-corrected chi connectivity index (χ0v) is 22.2. The average molecular weight is 516 g/mol. The molecule has 198 valence electrons. The van der Waals surface area contributed by atoms with E-state index >= 15 is 4.39 Å². The van der Waals surface area contributed by atoms with Gasteiger partial charge in [-0.15, -0.1) is 0 Å². The average Bonchev–Trinajstić information content (AvgIpc) is 3.55. The summed E-state index contributed by atoms with van der Waals surface area (Å²) >= 11 is 0. The number of fused-ring (bicyclic) bond motifs is 4. The minimum Gasteiger partial charge on any atom is -0.346 e. The van der Waals surface area contributed by atoms with Crippen LogP contribution in [0.5, 0.6) is 0 Å². The van der Waals surface area contributed by atoms with Crippen LogP contribution in [0.15, 0.2) is 30.6 Å². The fraction of sp³-hybridized carbons (Fsp3) is 0.483. The highest BCUT2D eigenvalue weighted by atomic mass is 19.1. The van der Waals surface area contributed by atoms with E-state index in [-0.39, 0.29) is 23.8 Å². The van der Waals surface area contributed by atoms with Gasteiger partial charge in [0.15, 0.2) is 5.82 Å². The molecule has 0 radical (unpaired) electrons. The lowest BCUT2D eigenvalue weighted by atomic mass is 10.0. The highest BCUT2D eigenvalue weighted by molar-refractivity contribution is 6.02. The van der Waals surface area contributed by atoms with Gasteiger partial charge in [-0.25, -0.2) is 14.4 Å². The fourth-order valence-corrected chi connectivity index (χ4v) is 7.09. The highest BCUT2D eigenvalue weighted by Gasteiger charge is 2.41. The summed E-state index contributed by atoms with van der Waals surface area (Å²) in [7, 11) is 4.27. The van der Waals surface area contributed by atoms with Gasteiger partial charge in [-0.05, 0) is 83.6 Å². The lowest BCUT2D eigenvalue weighted by molar-refractivity contribution is 0.0472. The molecule has 1 N–H and O–H groups in total. The summed E-state index contributed by atoms with van der Waals surface area (Å²) in [5, 5.41) is 0.832. The summed E-state index contributed by atoms with van der Waals surface area (Å²) in [4.78, 5) is 32.8. The van der Waals surface area contributed by atoms with Gasteiger partial charge in [-0.3, -0.25) is 4.79 Å². The monoisotopic (exact) mass is 515 g/mol. The zero-order chi connectivity index (χ0) is 26.1. The van der Waals surface area contributed by atoms with Gasteiger partial charge in [-0.2, -0.15) is 0 Å². The number of carbonyl (C=O) groups is 1. The Morgan fingerprint density at radius 3 is 2.47 bits per heavy atom. The van der Waals surface area contributed by atoms with Gasteiger partial charge in [0.2, 0.25) is 0 Å². The van der Waals surface area contributed by atoms with E-state index < -0.39 is 0 Å². The number of H-pyrrole nitrogens is 1. The Balaban J connectivity index is 1.28. The molecule has 3 aromatic heterocycles. The number of halogens is 1. The van der Waals surface area contributed by atoms with Gasteiger partial charge in [0.05, 0.1) is 11.1 Å². The summed E-state index contributed by atoms with van der Waals surface area (Å²) < 4.78 is 17.7. The summed E-state index contributed by atoms with van der Waals surface area (Å²) in [5.41, 5.74) is 4.15. The molecular weight excluding hydrogens is 481 g/mol. The molecule has 4 aromatic rings. The van der Waals surface area contributed by atoms with E-state index in [1.165, 1.54) is 0 Å². The van der Waals surface area contributed by atoms with Crippen molar-refractivity contribution in [1.29, 1.82) is 0 Å². The molecule has 1 aromatic carbocycles. The molecule has 0 spiro atoms. The topological polar surface area (TPSA) is 73.3 Å². The van der Waals surface area contributed by atoms with Crippen molar-refractivity contribution in [1.82, 2.24) is 34.2 Å². The van der Waals surface area contributed by atoms with Crippen LogP contribution >= 0.6 is 0 Å². The van der Waals surface area contributed by atoms with Crippen LogP contribution in [0.1, 0.15) is 47.9 Å². The SMILES string of the molecule is Cc1nc2c(F)cc(-c3c[nH]c4ncc(C(=O)N5C6CCC5CN(C)C6)cc34)cc2n1C1CCN(C)CC1. The van der Waals surface area contributed by atoms with Gasteiger partial charge in [-0.1, -0.05) is 0 Å². The molecule has 1 amide bonds. The molecule has 6 heterocycles. The van der Waals surface area contributed by atoms with Crippen LogP contribution in [0, 0.1) is 12.7 Å². The molecule has 0 aliphatic carbocycles. The number of likely N-dealkylation sites (N-methyl/N-ethyl adjacent to an activating group) is 1. The van der Waals surface area contributed by atoms with Gasteiger partial charge in [0, 0.05) is 54.6 Å². The van der Waals surface area contributed by atoms with Gasteiger partial charge in [0.1, 0.15) is 17.0 Å². The maximum absolute atomic E-state index is 15.5. The lowest BCUT2D eigenvalue weighted by Crippen LogP contribution is -2.54. The number of piperazine rings is 1. The van der Waals surface area contributed by atoms with Crippen LogP contribution in [0.25, 0.3) is 33.2 Å². The molecule has 2 atom stereocenters. The Hall–Kier alpha value is -3.30. The Morgan fingerprint density at radius 1 is 1.00 bits per heavy atom. The Bertz CT molecular complexity index is 1540. The van der Waals surface area contributed by atoms with Gasteiger partial charge < -0.3 is 24.3 Å². The minimum absolute atomic E-state index is 0.0461. The maximum Gasteiger partial charge on any atom is 0.256 e. The number of nitrogens with one attached hydrogen (secondary N) is 1. The van der Waals surface area contributed by atoms with Crippen LogP contribution in [-0.4, -0.2) is 92.5 Å². The van der Waals surface area contributed by atoms with E-state index in [1.807, 2.05) is 19.2 Å². The standard InChI is InChI=1S/C29H34FN7O/c1-17-33-27-25(30)11-18(12-26(27)36(17)20-6-8-34(2)9-7-20)24-14-32-28-23(24)10-19(13-31-28)29(38)37-21-4-5-22(37)16-35(3)15-21/h10-14,20-22H,4-9,15-16H2,1-3H3,(H,31,32). The quantitative estimate of drug-likeness (QED) is 0.443. The van der Waals surface area contributed by atoms with Crippen molar-refractivity contribution in [3.8, 4) is 11.1 Å². The first-order valence-electron chi connectivity index (χ1n) is 13.7. The van der Waals surface area contributed by atoms with Gasteiger partial charge in [0.25, 0.3) is 5.91 Å². The van der Waals surface area contributed by atoms with Crippen molar-refractivity contribution < 1.29 is 9.18 Å². The zero-order valence-electron chi connectivity index (χ0n) is 22.2. The van der Waals surface area contributed by atoms with Crippen LogP contribution in [0.2, 0.25) is 0 Å². The fourth-order valence-electron chi connectivity index (χ4n) is 7.09. The molecule has 2 bridgehead atoms. The number of rotatable bonds is 3. The molecule has 3 saturated heterocycles. The number of imidazole rings is 1. The molecule has 38 heavy (non-hydrogen) atoms. The third-order valence-corrected chi connectivity index (χ3v) is 8.97. The normalized spacial score (nSPS) is 23.2. The molecule has 2 unspecified atom stereocenters. The van der Waals surface area contributed by atoms with E-state index in [9.17, 15) is 4.79 Å². The van der Waals surface area contributed by atoms with Crippen molar-refractivity contribution in [2.75, 3.05) is 40.3 Å². The van der Waals surface area contributed by atoms with Crippen molar-refractivity contribution >= 4 is 28.0 Å². The molecular formula is C29H34FN7O. The largest absolute Gasteiger partial charge is 0.346 e. The number of nitrogens with zero attached hydrogens (tertiary/aromatic N) is 6. The van der Waals surface area contributed by atoms with E-state index in [1.54, 1.807) is 12.3 Å². The van der Waals surface area contributed by atoms with Crippen molar-refractivity contribution in [2.24, 2.45) is 0 Å². The third kappa shape index (κ3) is 3.74. The number of aromatic amines is 1. The second-order valence-corrected chi connectivity index (χ2v) is 11.5. The number of likely N-dealkylation sites (tertiary alicyclic amines) is 2. The van der Waals surface area contributed by atoms with Crippen LogP contribution in [0.3, 0.4) is 0 Å². The minimum atomic E-state index is -0.323. The molecule has 3 aliphatic heterocycles. The third-order valence-electron chi connectivity index (χ3n) is 8.97. The predicted molar refractivity (Wildman–Crippen MR) is 146 cm³/mol. The second-order valence-electron chi connectivity index (χ2n) is 11.5. The summed E-state index contributed by atoms with van der Waals surface area (Å²) in [5.74, 6) is 0.571. The first-order valence-corrected chi connectivity index (χ1v) is 13.7. The molecule has 3 aliphatic rings. The second kappa shape index (κ2) is 8.88. The highest BCUT2D eigenvalue weighted by Crippen LogP contribution is 2.36. The number of amides is 1. The molecule has 9 heteroatoms. The summed E-state index contributed by atoms with van der Waals surface area (Å²) in [6, 6.07) is 6.36. The van der Waals surface area contributed by atoms with Crippen LogP contribution < -0.4 is 0 Å². The number of pyridine rings is 1. The summed E-state index contributed by atoms with van der Waals surface area (Å²) in [6.07, 6.45) is 7.68. The number of benzene rings is 1. The predicted octanol–water partition coefficient (Wildman–Crippen LogP) is 4.21. The number of carbonyl (C=O) groups excluding carboxylic acids is 1. The van der Waals surface area contributed by atoms with Crippen molar-refractivity contribution in [2.45, 2.75) is 50.7 Å². The Morgan fingerprint density at radius 2 is 1.74 bits per heavy atom. The van der Waals surface area contributed by atoms with Crippen molar-refractivity contribution in [3.05, 3.63) is 47.8 Å². The number of aryl methyl sites for hydroxylation is 1. The number of hydrogen-bond acceptors (Lipinski definition) is 5. The van der Waals surface area contributed by atoms with E-state index in [0.717, 1.165) is 79.7 Å². The molecule has 8 nitrogen and oxygen atoms in total. The van der Waals surface area contributed by atoms with E-state index in [0.29, 0.717) is 22.8 Å².